The minimum Gasteiger partial charge on any atom is -0.312 e. The summed E-state index contributed by atoms with van der Waals surface area (Å²) in [6.07, 6.45) is 4.64. The highest BCUT2D eigenvalue weighted by molar-refractivity contribution is 5.95. The average Bonchev–Trinajstić information content (AvgIpc) is 2.30. The second kappa shape index (κ2) is 5.14. The fourth-order valence-corrected chi connectivity index (χ4v) is 1.88. The molecule has 5 nitrogen and oxygen atoms in total. The average molecular weight is 220 g/mol. The fraction of sp³-hybridized carbons (Fsp3) is 0.545. The van der Waals surface area contributed by atoms with Gasteiger partial charge in [-0.1, -0.05) is 0 Å². The number of carbonyl (C=O) groups is 1. The smallest absolute Gasteiger partial charge is 0.196 e. The molecular formula is C11H16N4O. The predicted molar refractivity (Wildman–Crippen MR) is 60.3 cm³/mol. The number of ketones is 1. The maximum absolute atomic E-state index is 11.9. The first-order chi connectivity index (χ1) is 7.75. The summed E-state index contributed by atoms with van der Waals surface area (Å²) in [5.41, 5.74) is 0.452. The molecule has 16 heavy (non-hydrogen) atoms. The van der Waals surface area contributed by atoms with E-state index >= 15 is 0 Å². The number of aromatic nitrogens is 2. The van der Waals surface area contributed by atoms with Crippen molar-refractivity contribution in [1.29, 1.82) is 0 Å². The molecule has 0 bridgehead atoms. The molecule has 0 aromatic carbocycles. The quantitative estimate of drug-likeness (QED) is 0.724. The van der Waals surface area contributed by atoms with Crippen molar-refractivity contribution < 1.29 is 4.79 Å². The topological polar surface area (TPSA) is 58.1 Å². The number of hydrogen-bond donors (Lipinski definition) is 1. The summed E-state index contributed by atoms with van der Waals surface area (Å²) in [6.45, 7) is 5.32. The first kappa shape index (κ1) is 11.2. The van der Waals surface area contributed by atoms with Gasteiger partial charge in [-0.2, -0.15) is 0 Å². The SMILES string of the molecule is C[C@H]1CN(CC(=O)c2cnccn2)CCN1. The molecule has 0 radical (unpaired) electrons. The summed E-state index contributed by atoms with van der Waals surface area (Å²) in [5.74, 6) is 0.0437. The summed E-state index contributed by atoms with van der Waals surface area (Å²) in [6, 6.07) is 0.448. The van der Waals surface area contributed by atoms with Crippen molar-refractivity contribution in [3.8, 4) is 0 Å². The molecular weight excluding hydrogens is 204 g/mol. The Morgan fingerprint density at radius 2 is 2.50 bits per heavy atom. The molecule has 1 fully saturated rings. The van der Waals surface area contributed by atoms with Gasteiger partial charge in [0.25, 0.3) is 0 Å². The van der Waals surface area contributed by atoms with Crippen LogP contribution in [0.15, 0.2) is 18.6 Å². The van der Waals surface area contributed by atoms with E-state index in [4.69, 9.17) is 0 Å². The third kappa shape index (κ3) is 2.84. The third-order valence-electron chi connectivity index (χ3n) is 2.67. The zero-order valence-electron chi connectivity index (χ0n) is 9.39. The highest BCUT2D eigenvalue weighted by Gasteiger charge is 2.19. The molecule has 0 spiro atoms. The standard InChI is InChI=1S/C11H16N4O/c1-9-7-15(5-4-13-9)8-11(16)10-6-12-2-3-14-10/h2-3,6,9,13H,4-5,7-8H2,1H3/t9-/m0/s1. The van der Waals surface area contributed by atoms with Gasteiger partial charge in [-0.3, -0.25) is 14.7 Å². The lowest BCUT2D eigenvalue weighted by Gasteiger charge is -2.31. The fourth-order valence-electron chi connectivity index (χ4n) is 1.88. The minimum absolute atomic E-state index is 0.0437. The lowest BCUT2D eigenvalue weighted by Crippen LogP contribution is -2.50. The highest BCUT2D eigenvalue weighted by atomic mass is 16.1. The third-order valence-corrected chi connectivity index (χ3v) is 2.67. The predicted octanol–water partition coefficient (Wildman–Crippen LogP) is -0.0470. The largest absolute Gasteiger partial charge is 0.312 e. The number of rotatable bonds is 3. The van der Waals surface area contributed by atoms with Crippen molar-refractivity contribution >= 4 is 5.78 Å². The Labute approximate surface area is 94.9 Å². The molecule has 5 heteroatoms. The zero-order valence-corrected chi connectivity index (χ0v) is 9.39. The van der Waals surface area contributed by atoms with Gasteiger partial charge in [0.15, 0.2) is 5.78 Å². The Balaban J connectivity index is 1.92. The van der Waals surface area contributed by atoms with Gasteiger partial charge in [-0.05, 0) is 6.92 Å². The van der Waals surface area contributed by atoms with Crippen LogP contribution in [0, 0.1) is 0 Å². The van der Waals surface area contributed by atoms with Gasteiger partial charge in [-0.25, -0.2) is 4.98 Å². The van der Waals surface area contributed by atoms with Gasteiger partial charge >= 0.3 is 0 Å². The number of Topliss-reactive ketones (excluding diaryl/α,β-unsaturated/α-hetero) is 1. The molecule has 1 saturated heterocycles. The van der Waals surface area contributed by atoms with Crippen molar-refractivity contribution in [2.24, 2.45) is 0 Å². The van der Waals surface area contributed by atoms with Gasteiger partial charge in [-0.15, -0.1) is 0 Å². The minimum atomic E-state index is 0.0437. The van der Waals surface area contributed by atoms with Crippen molar-refractivity contribution in [2.45, 2.75) is 13.0 Å². The Bertz CT molecular complexity index is 354. The van der Waals surface area contributed by atoms with Gasteiger partial charge in [0, 0.05) is 38.1 Å². The maximum atomic E-state index is 11.9. The molecule has 0 amide bonds. The zero-order chi connectivity index (χ0) is 11.4. The van der Waals surface area contributed by atoms with E-state index in [0.717, 1.165) is 19.6 Å². The molecule has 86 valence electrons. The summed E-state index contributed by atoms with van der Waals surface area (Å²) >= 11 is 0. The Morgan fingerprint density at radius 1 is 1.62 bits per heavy atom. The van der Waals surface area contributed by atoms with Crippen LogP contribution in [0.3, 0.4) is 0 Å². The Hall–Kier alpha value is -1.33. The van der Waals surface area contributed by atoms with Crippen LogP contribution in [0.4, 0.5) is 0 Å². The monoisotopic (exact) mass is 220 g/mol. The van der Waals surface area contributed by atoms with Crippen LogP contribution in [0.1, 0.15) is 17.4 Å². The number of nitrogens with one attached hydrogen (secondary N) is 1. The normalized spacial score (nSPS) is 21.9. The summed E-state index contributed by atoms with van der Waals surface area (Å²) in [5, 5.41) is 3.34. The van der Waals surface area contributed by atoms with Crippen molar-refractivity contribution in [1.82, 2.24) is 20.2 Å². The van der Waals surface area contributed by atoms with Crippen LogP contribution in [0.2, 0.25) is 0 Å². The highest BCUT2D eigenvalue weighted by Crippen LogP contribution is 2.01. The van der Waals surface area contributed by atoms with E-state index in [1.165, 1.54) is 6.20 Å². The molecule has 1 aromatic rings. The van der Waals surface area contributed by atoms with E-state index in [1.54, 1.807) is 12.4 Å². The molecule has 0 saturated carbocycles. The molecule has 0 aliphatic carbocycles. The van der Waals surface area contributed by atoms with Crippen LogP contribution in [-0.4, -0.2) is 52.9 Å². The summed E-state index contributed by atoms with van der Waals surface area (Å²) in [4.78, 5) is 21.9. The van der Waals surface area contributed by atoms with E-state index in [-0.39, 0.29) is 5.78 Å². The van der Waals surface area contributed by atoms with Crippen molar-refractivity contribution in [3.63, 3.8) is 0 Å². The molecule has 1 aliphatic rings. The number of piperazine rings is 1. The molecule has 1 atom stereocenters. The molecule has 2 heterocycles. The van der Waals surface area contributed by atoms with Gasteiger partial charge in [0.05, 0.1) is 12.7 Å². The summed E-state index contributed by atoms with van der Waals surface area (Å²) < 4.78 is 0. The van der Waals surface area contributed by atoms with Crippen LogP contribution in [0.25, 0.3) is 0 Å². The van der Waals surface area contributed by atoms with Crippen LogP contribution in [0.5, 0.6) is 0 Å². The van der Waals surface area contributed by atoms with Gasteiger partial charge in [0.1, 0.15) is 5.69 Å². The van der Waals surface area contributed by atoms with E-state index < -0.39 is 0 Å². The molecule has 1 N–H and O–H groups in total. The van der Waals surface area contributed by atoms with Crippen molar-refractivity contribution in [2.75, 3.05) is 26.2 Å². The first-order valence-corrected chi connectivity index (χ1v) is 5.50. The summed E-state index contributed by atoms with van der Waals surface area (Å²) in [7, 11) is 0. The number of carbonyl (C=O) groups excluding carboxylic acids is 1. The lowest BCUT2D eigenvalue weighted by atomic mass is 10.2. The van der Waals surface area contributed by atoms with Crippen LogP contribution < -0.4 is 5.32 Å². The number of nitrogens with zero attached hydrogens (tertiary/aromatic N) is 3. The number of hydrogen-bond acceptors (Lipinski definition) is 5. The second-order valence-corrected chi connectivity index (χ2v) is 4.10. The van der Waals surface area contributed by atoms with Crippen LogP contribution >= 0.6 is 0 Å². The van der Waals surface area contributed by atoms with E-state index in [9.17, 15) is 4.79 Å². The van der Waals surface area contributed by atoms with Crippen LogP contribution in [-0.2, 0) is 0 Å². The first-order valence-electron chi connectivity index (χ1n) is 5.50. The maximum Gasteiger partial charge on any atom is 0.196 e. The molecule has 1 aromatic heterocycles. The van der Waals surface area contributed by atoms with E-state index in [2.05, 4.69) is 27.1 Å². The molecule has 2 rings (SSSR count). The second-order valence-electron chi connectivity index (χ2n) is 4.10. The Kier molecular flexibility index (Phi) is 3.58. The van der Waals surface area contributed by atoms with Gasteiger partial charge in [0.2, 0.25) is 0 Å². The van der Waals surface area contributed by atoms with E-state index in [1.807, 2.05) is 0 Å². The molecule has 0 unspecified atom stereocenters. The van der Waals surface area contributed by atoms with Gasteiger partial charge < -0.3 is 5.32 Å². The molecule has 1 aliphatic heterocycles. The van der Waals surface area contributed by atoms with E-state index in [0.29, 0.717) is 18.3 Å². The Morgan fingerprint density at radius 3 is 3.19 bits per heavy atom. The van der Waals surface area contributed by atoms with Crippen molar-refractivity contribution in [3.05, 3.63) is 24.3 Å². The lowest BCUT2D eigenvalue weighted by molar-refractivity contribution is 0.0903.